The first-order chi connectivity index (χ1) is 13.1. The summed E-state index contributed by atoms with van der Waals surface area (Å²) >= 11 is 1.46. The van der Waals surface area contributed by atoms with Gasteiger partial charge < -0.3 is 19.5 Å². The summed E-state index contributed by atoms with van der Waals surface area (Å²) in [4.78, 5) is 26.0. The van der Waals surface area contributed by atoms with Gasteiger partial charge in [0.25, 0.3) is 5.91 Å². The summed E-state index contributed by atoms with van der Waals surface area (Å²) in [5.41, 5.74) is 1.97. The molecule has 0 unspecified atom stereocenters. The van der Waals surface area contributed by atoms with Gasteiger partial charge in [-0.3, -0.25) is 4.79 Å². The number of thiophene rings is 1. The Morgan fingerprint density at radius 2 is 2.07 bits per heavy atom. The number of aryl methyl sites for hydroxylation is 1. The molecule has 0 spiro atoms. The van der Waals surface area contributed by atoms with E-state index < -0.39 is 5.97 Å². The predicted octanol–water partition coefficient (Wildman–Crippen LogP) is 3.69. The SMILES string of the molecule is CCOCCOc1cccc(C(=O)Nc2sc3c(c2C(=O)OC)CCC3)c1. The molecule has 3 rings (SSSR count). The van der Waals surface area contributed by atoms with Gasteiger partial charge in [-0.2, -0.15) is 0 Å². The lowest BCUT2D eigenvalue weighted by Gasteiger charge is -2.09. The number of methoxy groups -OCH3 is 1. The van der Waals surface area contributed by atoms with E-state index in [0.29, 0.717) is 41.7 Å². The first kappa shape index (κ1) is 19.4. The van der Waals surface area contributed by atoms with Crippen molar-refractivity contribution in [3.05, 3.63) is 45.8 Å². The van der Waals surface area contributed by atoms with Crippen LogP contribution >= 0.6 is 11.3 Å². The Kier molecular flexibility index (Phi) is 6.47. The number of benzene rings is 1. The summed E-state index contributed by atoms with van der Waals surface area (Å²) in [7, 11) is 1.36. The smallest absolute Gasteiger partial charge is 0.341 e. The molecular formula is C20H23NO5S. The van der Waals surface area contributed by atoms with Gasteiger partial charge in [0.05, 0.1) is 19.3 Å². The highest BCUT2D eigenvalue weighted by Gasteiger charge is 2.28. The van der Waals surface area contributed by atoms with E-state index in [0.717, 1.165) is 29.7 Å². The van der Waals surface area contributed by atoms with E-state index in [2.05, 4.69) is 5.32 Å². The van der Waals surface area contributed by atoms with Crippen LogP contribution in [0.15, 0.2) is 24.3 Å². The number of ether oxygens (including phenoxy) is 3. The zero-order chi connectivity index (χ0) is 19.2. The van der Waals surface area contributed by atoms with Gasteiger partial charge in [0.15, 0.2) is 0 Å². The molecule has 0 fully saturated rings. The lowest BCUT2D eigenvalue weighted by Crippen LogP contribution is -2.15. The first-order valence-corrected chi connectivity index (χ1v) is 9.80. The van der Waals surface area contributed by atoms with Crippen molar-refractivity contribution in [1.82, 2.24) is 0 Å². The standard InChI is InChI=1S/C20H23NO5S/c1-3-25-10-11-26-14-7-4-6-13(12-14)18(22)21-19-17(20(23)24-2)15-8-5-9-16(15)27-19/h4,6-7,12H,3,5,8-11H2,1-2H3,(H,21,22). The van der Waals surface area contributed by atoms with Gasteiger partial charge in [-0.25, -0.2) is 4.79 Å². The van der Waals surface area contributed by atoms with Gasteiger partial charge >= 0.3 is 5.97 Å². The summed E-state index contributed by atoms with van der Waals surface area (Å²) in [5, 5.41) is 3.43. The average molecular weight is 389 g/mol. The number of anilines is 1. The number of carbonyl (C=O) groups is 2. The fourth-order valence-electron chi connectivity index (χ4n) is 3.08. The van der Waals surface area contributed by atoms with Crippen LogP contribution in [0.4, 0.5) is 5.00 Å². The van der Waals surface area contributed by atoms with Crippen LogP contribution in [-0.2, 0) is 22.3 Å². The van der Waals surface area contributed by atoms with Crippen molar-refractivity contribution in [1.29, 1.82) is 0 Å². The molecule has 1 aromatic carbocycles. The predicted molar refractivity (Wildman–Crippen MR) is 104 cm³/mol. The molecule has 0 atom stereocenters. The van der Waals surface area contributed by atoms with Crippen LogP contribution in [-0.4, -0.2) is 38.8 Å². The first-order valence-electron chi connectivity index (χ1n) is 8.98. The molecule has 0 saturated carbocycles. The van der Waals surface area contributed by atoms with E-state index >= 15 is 0 Å². The molecule has 6 nitrogen and oxygen atoms in total. The summed E-state index contributed by atoms with van der Waals surface area (Å²) in [6, 6.07) is 6.95. The Balaban J connectivity index is 1.73. The Hall–Kier alpha value is -2.38. The van der Waals surface area contributed by atoms with E-state index in [1.807, 2.05) is 6.92 Å². The van der Waals surface area contributed by atoms with Crippen molar-refractivity contribution in [2.75, 3.05) is 32.2 Å². The van der Waals surface area contributed by atoms with E-state index in [4.69, 9.17) is 14.2 Å². The van der Waals surface area contributed by atoms with E-state index in [1.54, 1.807) is 24.3 Å². The maximum Gasteiger partial charge on any atom is 0.341 e. The van der Waals surface area contributed by atoms with E-state index in [9.17, 15) is 9.59 Å². The molecule has 1 aliphatic carbocycles. The molecule has 0 saturated heterocycles. The molecule has 0 aliphatic heterocycles. The number of hydrogen-bond acceptors (Lipinski definition) is 6. The van der Waals surface area contributed by atoms with Crippen LogP contribution in [0, 0.1) is 0 Å². The number of hydrogen-bond donors (Lipinski definition) is 1. The molecule has 27 heavy (non-hydrogen) atoms. The van der Waals surface area contributed by atoms with Crippen LogP contribution in [0.25, 0.3) is 0 Å². The Morgan fingerprint density at radius 1 is 1.22 bits per heavy atom. The van der Waals surface area contributed by atoms with Crippen LogP contribution in [0.2, 0.25) is 0 Å². The van der Waals surface area contributed by atoms with Crippen molar-refractivity contribution in [2.45, 2.75) is 26.2 Å². The molecule has 1 aliphatic rings. The van der Waals surface area contributed by atoms with Crippen molar-refractivity contribution in [3.8, 4) is 5.75 Å². The number of fused-ring (bicyclic) bond motifs is 1. The fourth-order valence-corrected chi connectivity index (χ4v) is 4.35. The van der Waals surface area contributed by atoms with Gasteiger partial charge in [-0.15, -0.1) is 11.3 Å². The minimum Gasteiger partial charge on any atom is -0.491 e. The van der Waals surface area contributed by atoms with E-state index in [-0.39, 0.29) is 5.91 Å². The molecule has 144 valence electrons. The van der Waals surface area contributed by atoms with Gasteiger partial charge in [-0.1, -0.05) is 6.07 Å². The topological polar surface area (TPSA) is 73.9 Å². The van der Waals surface area contributed by atoms with Crippen molar-refractivity contribution in [2.24, 2.45) is 0 Å². The number of esters is 1. The molecule has 0 radical (unpaired) electrons. The van der Waals surface area contributed by atoms with E-state index in [1.165, 1.54) is 18.4 Å². The molecule has 7 heteroatoms. The summed E-state index contributed by atoms with van der Waals surface area (Å²) in [5.74, 6) is -0.0859. The Morgan fingerprint density at radius 3 is 2.85 bits per heavy atom. The fraction of sp³-hybridized carbons (Fsp3) is 0.400. The Bertz CT molecular complexity index is 830. The van der Waals surface area contributed by atoms with Crippen LogP contribution in [0.5, 0.6) is 5.75 Å². The molecule has 1 amide bonds. The second kappa shape index (κ2) is 9.01. The highest BCUT2D eigenvalue weighted by atomic mass is 32.1. The molecule has 1 heterocycles. The largest absolute Gasteiger partial charge is 0.491 e. The van der Waals surface area contributed by atoms with Crippen LogP contribution in [0.1, 0.15) is 44.5 Å². The number of rotatable bonds is 8. The third-order valence-corrected chi connectivity index (χ3v) is 5.54. The normalized spacial score (nSPS) is 12.5. The van der Waals surface area contributed by atoms with Gasteiger partial charge in [-0.05, 0) is 49.9 Å². The maximum atomic E-state index is 12.7. The lowest BCUT2D eigenvalue weighted by atomic mass is 10.1. The number of carbonyl (C=O) groups excluding carboxylic acids is 2. The molecular weight excluding hydrogens is 366 g/mol. The highest BCUT2D eigenvalue weighted by Crippen LogP contribution is 2.39. The van der Waals surface area contributed by atoms with Gasteiger partial charge in [0.1, 0.15) is 17.4 Å². The van der Waals surface area contributed by atoms with Gasteiger partial charge in [0, 0.05) is 17.0 Å². The van der Waals surface area contributed by atoms with Gasteiger partial charge in [0.2, 0.25) is 0 Å². The number of amides is 1. The van der Waals surface area contributed by atoms with Crippen molar-refractivity contribution in [3.63, 3.8) is 0 Å². The van der Waals surface area contributed by atoms with Crippen molar-refractivity contribution >= 4 is 28.2 Å². The number of nitrogens with one attached hydrogen (secondary N) is 1. The summed E-state index contributed by atoms with van der Waals surface area (Å²) < 4.78 is 15.8. The molecule has 0 bridgehead atoms. The summed E-state index contributed by atoms with van der Waals surface area (Å²) in [6.07, 6.45) is 2.80. The molecule has 1 aromatic heterocycles. The zero-order valence-electron chi connectivity index (χ0n) is 15.5. The highest BCUT2D eigenvalue weighted by molar-refractivity contribution is 7.17. The Labute approximate surface area is 162 Å². The van der Waals surface area contributed by atoms with Crippen LogP contribution < -0.4 is 10.1 Å². The second-order valence-electron chi connectivity index (χ2n) is 6.08. The monoisotopic (exact) mass is 389 g/mol. The second-order valence-corrected chi connectivity index (χ2v) is 7.19. The van der Waals surface area contributed by atoms with Crippen LogP contribution in [0.3, 0.4) is 0 Å². The minimum absolute atomic E-state index is 0.282. The van der Waals surface area contributed by atoms with Crippen molar-refractivity contribution < 1.29 is 23.8 Å². The third kappa shape index (κ3) is 4.48. The quantitative estimate of drug-likeness (QED) is 0.551. The summed E-state index contributed by atoms with van der Waals surface area (Å²) in [6.45, 7) is 3.48. The third-order valence-electron chi connectivity index (χ3n) is 4.33. The minimum atomic E-state index is -0.405. The lowest BCUT2D eigenvalue weighted by molar-refractivity contribution is 0.0601. The average Bonchev–Trinajstić information content (AvgIpc) is 3.25. The maximum absolute atomic E-state index is 12.7. The molecule has 2 aromatic rings. The zero-order valence-corrected chi connectivity index (χ0v) is 16.3. The molecule has 1 N–H and O–H groups in total.